The first-order valence-electron chi connectivity index (χ1n) is 4.62. The van der Waals surface area contributed by atoms with Gasteiger partial charge in [-0.1, -0.05) is 11.6 Å². The number of aromatic nitrogens is 2. The molecule has 0 bridgehead atoms. The molecule has 84 valence electrons. The average molecular weight is 304 g/mol. The molecule has 2 heterocycles. The van der Waals surface area contributed by atoms with Gasteiger partial charge >= 0.3 is 5.97 Å². The van der Waals surface area contributed by atoms with Gasteiger partial charge < -0.3 is 4.74 Å². The SMILES string of the molecule is CCOC(=O)c1c(Cl)c(Br)cc2cncn12. The smallest absolute Gasteiger partial charge is 0.356 e. The number of esters is 1. The normalized spacial score (nSPS) is 10.7. The van der Waals surface area contributed by atoms with Crippen LogP contribution in [0.2, 0.25) is 5.02 Å². The van der Waals surface area contributed by atoms with Crippen LogP contribution in [0.5, 0.6) is 0 Å². The molecule has 0 atom stereocenters. The number of rotatable bonds is 2. The zero-order valence-electron chi connectivity index (χ0n) is 8.41. The molecule has 0 amide bonds. The van der Waals surface area contributed by atoms with Crippen molar-refractivity contribution in [2.24, 2.45) is 0 Å². The Labute approximate surface area is 105 Å². The molecule has 0 unspecified atom stereocenters. The number of carbonyl (C=O) groups excluding carboxylic acids is 1. The molecule has 16 heavy (non-hydrogen) atoms. The Balaban J connectivity index is 2.69. The lowest BCUT2D eigenvalue weighted by molar-refractivity contribution is 0.0518. The van der Waals surface area contributed by atoms with Crippen LogP contribution < -0.4 is 0 Å². The highest BCUT2D eigenvalue weighted by Crippen LogP contribution is 2.28. The largest absolute Gasteiger partial charge is 0.461 e. The van der Waals surface area contributed by atoms with Gasteiger partial charge in [0.15, 0.2) is 5.69 Å². The Hall–Kier alpha value is -1.07. The van der Waals surface area contributed by atoms with Gasteiger partial charge in [-0.2, -0.15) is 0 Å². The van der Waals surface area contributed by atoms with E-state index in [0.29, 0.717) is 16.1 Å². The van der Waals surface area contributed by atoms with Crippen molar-refractivity contribution in [2.45, 2.75) is 6.92 Å². The van der Waals surface area contributed by atoms with Gasteiger partial charge in [0.1, 0.15) is 0 Å². The maximum atomic E-state index is 11.8. The van der Waals surface area contributed by atoms with E-state index in [-0.39, 0.29) is 5.69 Å². The zero-order valence-corrected chi connectivity index (χ0v) is 10.7. The Morgan fingerprint density at radius 3 is 3.12 bits per heavy atom. The lowest BCUT2D eigenvalue weighted by Crippen LogP contribution is -2.11. The van der Waals surface area contributed by atoms with Gasteiger partial charge in [0.05, 0.1) is 29.7 Å². The molecule has 2 rings (SSSR count). The van der Waals surface area contributed by atoms with Crippen molar-refractivity contribution in [2.75, 3.05) is 6.61 Å². The second kappa shape index (κ2) is 4.43. The summed E-state index contributed by atoms with van der Waals surface area (Å²) in [4.78, 5) is 15.7. The lowest BCUT2D eigenvalue weighted by Gasteiger charge is -2.08. The minimum atomic E-state index is -0.461. The molecular weight excluding hydrogens is 295 g/mol. The van der Waals surface area contributed by atoms with Crippen molar-refractivity contribution in [1.82, 2.24) is 9.38 Å². The molecule has 0 saturated carbocycles. The number of carbonyl (C=O) groups is 1. The third-order valence-electron chi connectivity index (χ3n) is 2.07. The molecule has 0 N–H and O–H groups in total. The van der Waals surface area contributed by atoms with E-state index in [1.165, 1.54) is 6.33 Å². The van der Waals surface area contributed by atoms with Crippen LogP contribution in [0, 0.1) is 0 Å². The highest BCUT2D eigenvalue weighted by Gasteiger charge is 2.18. The number of hydrogen-bond acceptors (Lipinski definition) is 3. The Morgan fingerprint density at radius 2 is 2.44 bits per heavy atom. The number of pyridine rings is 1. The summed E-state index contributed by atoms with van der Waals surface area (Å²) < 4.78 is 7.19. The number of hydrogen-bond donors (Lipinski definition) is 0. The molecule has 2 aromatic rings. The Bertz CT molecular complexity index is 553. The summed E-state index contributed by atoms with van der Waals surface area (Å²) in [7, 11) is 0. The van der Waals surface area contributed by atoms with Gasteiger partial charge in [-0.15, -0.1) is 0 Å². The second-order valence-electron chi connectivity index (χ2n) is 3.06. The van der Waals surface area contributed by atoms with E-state index in [2.05, 4.69) is 20.9 Å². The number of ether oxygens (including phenoxy) is 1. The number of halogens is 2. The van der Waals surface area contributed by atoms with Gasteiger partial charge in [0.2, 0.25) is 0 Å². The van der Waals surface area contributed by atoms with E-state index in [9.17, 15) is 4.79 Å². The first-order valence-corrected chi connectivity index (χ1v) is 5.79. The van der Waals surface area contributed by atoms with E-state index in [0.717, 1.165) is 5.52 Å². The summed E-state index contributed by atoms with van der Waals surface area (Å²) in [5.41, 5.74) is 1.06. The minimum Gasteiger partial charge on any atom is -0.461 e. The first kappa shape index (κ1) is 11.4. The molecule has 0 aliphatic rings. The maximum absolute atomic E-state index is 11.8. The molecule has 0 radical (unpaired) electrons. The fourth-order valence-corrected chi connectivity index (χ4v) is 2.04. The van der Waals surface area contributed by atoms with Gasteiger partial charge in [-0.25, -0.2) is 9.78 Å². The molecule has 0 aliphatic heterocycles. The minimum absolute atomic E-state index is 0.283. The van der Waals surface area contributed by atoms with Crippen molar-refractivity contribution < 1.29 is 9.53 Å². The highest BCUT2D eigenvalue weighted by atomic mass is 79.9. The fraction of sp³-hybridized carbons (Fsp3) is 0.200. The molecule has 4 nitrogen and oxygen atoms in total. The number of imidazole rings is 1. The predicted octanol–water partition coefficient (Wildman–Crippen LogP) is 2.93. The molecule has 6 heteroatoms. The maximum Gasteiger partial charge on any atom is 0.356 e. The van der Waals surface area contributed by atoms with E-state index in [1.807, 2.05) is 0 Å². The van der Waals surface area contributed by atoms with Crippen LogP contribution in [-0.2, 0) is 4.74 Å². The van der Waals surface area contributed by atoms with E-state index < -0.39 is 5.97 Å². The molecule has 0 aromatic carbocycles. The Kier molecular flexibility index (Phi) is 3.16. The quantitative estimate of drug-likeness (QED) is 0.801. The third-order valence-corrected chi connectivity index (χ3v) is 3.31. The van der Waals surface area contributed by atoms with Crippen molar-refractivity contribution >= 4 is 39.0 Å². The van der Waals surface area contributed by atoms with Gasteiger partial charge in [0.25, 0.3) is 0 Å². The molecule has 0 aliphatic carbocycles. The van der Waals surface area contributed by atoms with Crippen LogP contribution >= 0.6 is 27.5 Å². The van der Waals surface area contributed by atoms with Crippen molar-refractivity contribution in [3.8, 4) is 0 Å². The topological polar surface area (TPSA) is 43.6 Å². The Morgan fingerprint density at radius 1 is 1.69 bits per heavy atom. The van der Waals surface area contributed by atoms with Crippen LogP contribution in [0.25, 0.3) is 5.52 Å². The summed E-state index contributed by atoms with van der Waals surface area (Å²) in [5, 5.41) is 0.323. The highest BCUT2D eigenvalue weighted by molar-refractivity contribution is 9.10. The predicted molar refractivity (Wildman–Crippen MR) is 63.9 cm³/mol. The fourth-order valence-electron chi connectivity index (χ4n) is 1.40. The second-order valence-corrected chi connectivity index (χ2v) is 4.30. The van der Waals surface area contributed by atoms with Crippen LogP contribution in [-0.4, -0.2) is 22.0 Å². The van der Waals surface area contributed by atoms with Crippen molar-refractivity contribution in [3.05, 3.63) is 33.8 Å². The molecule has 0 saturated heterocycles. The lowest BCUT2D eigenvalue weighted by atomic mass is 10.3. The van der Waals surface area contributed by atoms with E-state index in [4.69, 9.17) is 16.3 Å². The number of fused-ring (bicyclic) bond motifs is 1. The van der Waals surface area contributed by atoms with Crippen LogP contribution in [0.1, 0.15) is 17.4 Å². The van der Waals surface area contributed by atoms with E-state index >= 15 is 0 Å². The van der Waals surface area contributed by atoms with E-state index in [1.54, 1.807) is 23.6 Å². The molecule has 0 spiro atoms. The van der Waals surface area contributed by atoms with Crippen LogP contribution in [0.3, 0.4) is 0 Å². The molecular formula is C10H8BrClN2O2. The van der Waals surface area contributed by atoms with Crippen molar-refractivity contribution in [3.63, 3.8) is 0 Å². The third kappa shape index (κ3) is 1.81. The van der Waals surface area contributed by atoms with Gasteiger partial charge in [-0.3, -0.25) is 4.40 Å². The summed E-state index contributed by atoms with van der Waals surface area (Å²) in [6.45, 7) is 2.05. The monoisotopic (exact) mass is 302 g/mol. The van der Waals surface area contributed by atoms with Gasteiger partial charge in [0, 0.05) is 4.47 Å². The number of nitrogens with zero attached hydrogens (tertiary/aromatic N) is 2. The summed E-state index contributed by atoms with van der Waals surface area (Å²) in [6, 6.07) is 1.79. The molecule has 0 fully saturated rings. The zero-order chi connectivity index (χ0) is 11.7. The summed E-state index contributed by atoms with van der Waals surface area (Å²) in [5.74, 6) is -0.461. The van der Waals surface area contributed by atoms with Gasteiger partial charge in [-0.05, 0) is 28.9 Å². The summed E-state index contributed by atoms with van der Waals surface area (Å²) >= 11 is 9.35. The standard InChI is InChI=1S/C10H8BrClN2O2/c1-2-16-10(15)9-8(12)7(11)3-6-4-13-5-14(6)9/h3-5H,2H2,1H3. The first-order chi connectivity index (χ1) is 7.65. The molecule has 2 aromatic heterocycles. The van der Waals surface area contributed by atoms with Crippen LogP contribution in [0.4, 0.5) is 0 Å². The van der Waals surface area contributed by atoms with Crippen molar-refractivity contribution in [1.29, 1.82) is 0 Å². The van der Waals surface area contributed by atoms with Crippen LogP contribution in [0.15, 0.2) is 23.1 Å². The summed E-state index contributed by atoms with van der Waals surface area (Å²) in [6.07, 6.45) is 3.17. The average Bonchev–Trinajstić information content (AvgIpc) is 2.67.